The van der Waals surface area contributed by atoms with Gasteiger partial charge in [-0.15, -0.1) is 0 Å². The van der Waals surface area contributed by atoms with E-state index in [2.05, 4.69) is 27.8 Å². The van der Waals surface area contributed by atoms with Crippen LogP contribution in [0.1, 0.15) is 5.56 Å². The standard InChI is InChI=1S/C17H16BrClFNO2/c1-3-6-23-17-13(18)7-11(8-16(17)22-2)10-21-12-4-5-15(20)14(19)9-12/h3-5,7-9,21H,1,6,10H2,2H3. The van der Waals surface area contributed by atoms with Gasteiger partial charge in [-0.1, -0.05) is 24.3 Å². The summed E-state index contributed by atoms with van der Waals surface area (Å²) in [5.41, 5.74) is 1.71. The molecule has 0 aliphatic heterocycles. The fraction of sp³-hybridized carbons (Fsp3) is 0.176. The van der Waals surface area contributed by atoms with E-state index in [1.165, 1.54) is 6.07 Å². The van der Waals surface area contributed by atoms with Crippen molar-refractivity contribution in [3.05, 3.63) is 63.9 Å². The summed E-state index contributed by atoms with van der Waals surface area (Å²) in [5, 5.41) is 3.27. The number of hydrogen-bond acceptors (Lipinski definition) is 3. The molecule has 122 valence electrons. The summed E-state index contributed by atoms with van der Waals surface area (Å²) in [4.78, 5) is 0. The normalized spacial score (nSPS) is 10.3. The molecule has 0 radical (unpaired) electrons. The van der Waals surface area contributed by atoms with E-state index in [0.29, 0.717) is 24.7 Å². The van der Waals surface area contributed by atoms with E-state index >= 15 is 0 Å². The van der Waals surface area contributed by atoms with Gasteiger partial charge in [0.2, 0.25) is 0 Å². The summed E-state index contributed by atoms with van der Waals surface area (Å²) in [5.74, 6) is 0.807. The Morgan fingerprint density at radius 1 is 1.35 bits per heavy atom. The van der Waals surface area contributed by atoms with Crippen molar-refractivity contribution in [2.45, 2.75) is 6.54 Å². The summed E-state index contributed by atoms with van der Waals surface area (Å²) in [7, 11) is 1.58. The lowest BCUT2D eigenvalue weighted by molar-refractivity contribution is 0.324. The van der Waals surface area contributed by atoms with Crippen LogP contribution in [0.3, 0.4) is 0 Å². The topological polar surface area (TPSA) is 30.5 Å². The molecule has 0 saturated carbocycles. The van der Waals surface area contributed by atoms with Crippen LogP contribution in [-0.2, 0) is 6.54 Å². The number of halogens is 3. The number of methoxy groups -OCH3 is 1. The predicted octanol–water partition coefficient (Wildman–Crippen LogP) is 5.43. The second-order valence-corrected chi connectivity index (χ2v) is 5.95. The molecule has 2 rings (SSSR count). The average Bonchev–Trinajstić information content (AvgIpc) is 2.54. The first-order chi connectivity index (χ1) is 11.0. The van der Waals surface area contributed by atoms with Gasteiger partial charge in [0.05, 0.1) is 16.6 Å². The fourth-order valence-electron chi connectivity index (χ4n) is 1.97. The molecule has 0 unspecified atom stereocenters. The van der Waals surface area contributed by atoms with Gasteiger partial charge >= 0.3 is 0 Å². The van der Waals surface area contributed by atoms with Crippen molar-refractivity contribution in [2.75, 3.05) is 19.0 Å². The molecule has 0 amide bonds. The molecule has 0 fully saturated rings. The lowest BCUT2D eigenvalue weighted by Crippen LogP contribution is -2.02. The van der Waals surface area contributed by atoms with Crippen molar-refractivity contribution in [2.24, 2.45) is 0 Å². The zero-order valence-electron chi connectivity index (χ0n) is 12.5. The third kappa shape index (κ3) is 4.62. The van der Waals surface area contributed by atoms with Crippen molar-refractivity contribution in [1.82, 2.24) is 0 Å². The molecule has 0 aromatic heterocycles. The van der Waals surface area contributed by atoms with Crippen molar-refractivity contribution in [1.29, 1.82) is 0 Å². The molecule has 1 N–H and O–H groups in total. The summed E-state index contributed by atoms with van der Waals surface area (Å²) in [6.45, 7) is 4.54. The molecule has 0 aliphatic rings. The zero-order chi connectivity index (χ0) is 16.8. The smallest absolute Gasteiger partial charge is 0.175 e. The van der Waals surface area contributed by atoms with E-state index in [1.807, 2.05) is 12.1 Å². The van der Waals surface area contributed by atoms with Crippen LogP contribution in [0.4, 0.5) is 10.1 Å². The van der Waals surface area contributed by atoms with Crippen LogP contribution in [0.2, 0.25) is 5.02 Å². The molecular weight excluding hydrogens is 385 g/mol. The second-order valence-electron chi connectivity index (χ2n) is 4.69. The highest BCUT2D eigenvalue weighted by molar-refractivity contribution is 9.10. The largest absolute Gasteiger partial charge is 0.493 e. The second kappa shape index (κ2) is 8.22. The summed E-state index contributed by atoms with van der Waals surface area (Å²) >= 11 is 9.25. The van der Waals surface area contributed by atoms with Gasteiger partial charge in [-0.25, -0.2) is 4.39 Å². The van der Waals surface area contributed by atoms with Gasteiger partial charge in [0.25, 0.3) is 0 Å². The van der Waals surface area contributed by atoms with Gasteiger partial charge in [-0.2, -0.15) is 0 Å². The molecular formula is C17H16BrClFNO2. The van der Waals surface area contributed by atoms with E-state index in [-0.39, 0.29) is 5.02 Å². The molecule has 2 aromatic rings. The quantitative estimate of drug-likeness (QED) is 0.629. The van der Waals surface area contributed by atoms with Crippen LogP contribution in [-0.4, -0.2) is 13.7 Å². The Bertz CT molecular complexity index is 709. The van der Waals surface area contributed by atoms with Crippen molar-refractivity contribution >= 4 is 33.2 Å². The third-order valence-electron chi connectivity index (χ3n) is 3.05. The summed E-state index contributed by atoms with van der Waals surface area (Å²) < 4.78 is 24.9. The van der Waals surface area contributed by atoms with Crippen molar-refractivity contribution < 1.29 is 13.9 Å². The van der Waals surface area contributed by atoms with Gasteiger partial charge in [-0.3, -0.25) is 0 Å². The Balaban J connectivity index is 2.15. The van der Waals surface area contributed by atoms with Gasteiger partial charge in [0.15, 0.2) is 11.5 Å². The van der Waals surface area contributed by atoms with E-state index in [1.54, 1.807) is 25.3 Å². The van der Waals surface area contributed by atoms with Crippen molar-refractivity contribution in [3.63, 3.8) is 0 Å². The number of rotatable bonds is 7. The number of hydrogen-bond donors (Lipinski definition) is 1. The van der Waals surface area contributed by atoms with Crippen LogP contribution in [0.15, 0.2) is 47.5 Å². The SMILES string of the molecule is C=CCOc1c(Br)cc(CNc2ccc(F)c(Cl)c2)cc1OC. The van der Waals surface area contributed by atoms with E-state index in [4.69, 9.17) is 21.1 Å². The van der Waals surface area contributed by atoms with Gasteiger partial charge in [0.1, 0.15) is 12.4 Å². The highest BCUT2D eigenvalue weighted by Crippen LogP contribution is 2.37. The fourth-order valence-corrected chi connectivity index (χ4v) is 2.75. The minimum absolute atomic E-state index is 0.0851. The zero-order valence-corrected chi connectivity index (χ0v) is 14.9. The highest BCUT2D eigenvalue weighted by Gasteiger charge is 2.11. The molecule has 0 atom stereocenters. The molecule has 0 saturated heterocycles. The first kappa shape index (κ1) is 17.6. The Hall–Kier alpha value is -1.72. The maximum absolute atomic E-state index is 13.2. The average molecular weight is 401 g/mol. The van der Waals surface area contributed by atoms with Crippen LogP contribution in [0.25, 0.3) is 0 Å². The Morgan fingerprint density at radius 3 is 2.78 bits per heavy atom. The minimum Gasteiger partial charge on any atom is -0.493 e. The predicted molar refractivity (Wildman–Crippen MR) is 95.1 cm³/mol. The molecule has 6 heteroatoms. The first-order valence-corrected chi connectivity index (χ1v) is 8.01. The maximum Gasteiger partial charge on any atom is 0.175 e. The summed E-state index contributed by atoms with van der Waals surface area (Å²) in [6.07, 6.45) is 1.67. The number of anilines is 1. The van der Waals surface area contributed by atoms with Crippen LogP contribution >= 0.6 is 27.5 Å². The number of ether oxygens (including phenoxy) is 2. The molecule has 2 aromatic carbocycles. The van der Waals surface area contributed by atoms with Crippen LogP contribution < -0.4 is 14.8 Å². The molecule has 3 nitrogen and oxygen atoms in total. The van der Waals surface area contributed by atoms with Crippen LogP contribution in [0.5, 0.6) is 11.5 Å². The van der Waals surface area contributed by atoms with E-state index in [9.17, 15) is 4.39 Å². The van der Waals surface area contributed by atoms with Gasteiger partial charge < -0.3 is 14.8 Å². The molecule has 0 aliphatic carbocycles. The minimum atomic E-state index is -0.439. The van der Waals surface area contributed by atoms with E-state index < -0.39 is 5.82 Å². The van der Waals surface area contributed by atoms with Gasteiger partial charge in [-0.05, 0) is 51.8 Å². The molecule has 0 heterocycles. The third-order valence-corrected chi connectivity index (χ3v) is 3.93. The Kier molecular flexibility index (Phi) is 6.30. The Morgan fingerprint density at radius 2 is 2.13 bits per heavy atom. The van der Waals surface area contributed by atoms with Gasteiger partial charge in [0, 0.05) is 12.2 Å². The summed E-state index contributed by atoms with van der Waals surface area (Å²) in [6, 6.07) is 8.31. The lowest BCUT2D eigenvalue weighted by Gasteiger charge is -2.14. The molecule has 0 bridgehead atoms. The number of benzene rings is 2. The monoisotopic (exact) mass is 399 g/mol. The highest BCUT2D eigenvalue weighted by atomic mass is 79.9. The first-order valence-electron chi connectivity index (χ1n) is 6.84. The van der Waals surface area contributed by atoms with E-state index in [0.717, 1.165) is 15.7 Å². The molecule has 0 spiro atoms. The lowest BCUT2D eigenvalue weighted by atomic mass is 10.2. The maximum atomic E-state index is 13.2. The number of nitrogens with one attached hydrogen (secondary N) is 1. The van der Waals surface area contributed by atoms with Crippen molar-refractivity contribution in [3.8, 4) is 11.5 Å². The van der Waals surface area contributed by atoms with Crippen LogP contribution in [0, 0.1) is 5.82 Å². The molecule has 23 heavy (non-hydrogen) atoms. The Labute approximate surface area is 148 Å².